The molecular formula is C22H23N3O4S. The Kier molecular flexibility index (Phi) is 6.25. The van der Waals surface area contributed by atoms with E-state index >= 15 is 0 Å². The maximum atomic E-state index is 12.5. The van der Waals surface area contributed by atoms with E-state index in [1.807, 2.05) is 41.3 Å². The molecule has 2 aromatic heterocycles. The lowest BCUT2D eigenvalue weighted by Gasteiger charge is -2.09. The number of aromatic nitrogens is 1. The van der Waals surface area contributed by atoms with Crippen molar-refractivity contribution < 1.29 is 18.7 Å². The first-order valence-corrected chi connectivity index (χ1v) is 10.7. The van der Waals surface area contributed by atoms with E-state index in [0.29, 0.717) is 29.2 Å². The standard InChI is InChI=1S/C22H23N3O4S/c1-15-4-2-5-16(12-15)20(26)24-22-25(9-11-30-22)14-18-7-8-19(29-18)21(27)23-13-17-6-3-10-28-17/h2,4-5,7-9,11-12,17H,3,6,10,13-14H2,1H3,(H,23,27). The number of amides is 2. The Labute approximate surface area is 178 Å². The molecule has 0 saturated carbocycles. The second kappa shape index (κ2) is 9.23. The Morgan fingerprint density at radius 3 is 3.00 bits per heavy atom. The number of hydrogen-bond acceptors (Lipinski definition) is 5. The second-order valence-electron chi connectivity index (χ2n) is 7.21. The molecule has 2 amide bonds. The number of carbonyl (C=O) groups is 2. The van der Waals surface area contributed by atoms with Crippen LogP contribution in [0.25, 0.3) is 0 Å². The van der Waals surface area contributed by atoms with Gasteiger partial charge in [0.25, 0.3) is 11.8 Å². The van der Waals surface area contributed by atoms with Crippen LogP contribution in [0.15, 0.2) is 57.4 Å². The molecule has 0 spiro atoms. The van der Waals surface area contributed by atoms with E-state index in [-0.39, 0.29) is 23.7 Å². The van der Waals surface area contributed by atoms with Crippen molar-refractivity contribution in [3.05, 3.63) is 75.4 Å². The van der Waals surface area contributed by atoms with Crippen molar-refractivity contribution in [2.75, 3.05) is 13.2 Å². The Morgan fingerprint density at radius 2 is 2.20 bits per heavy atom. The van der Waals surface area contributed by atoms with Gasteiger partial charge in [-0.3, -0.25) is 9.59 Å². The first-order chi connectivity index (χ1) is 14.6. The summed E-state index contributed by atoms with van der Waals surface area (Å²) in [5.74, 6) is 0.323. The molecule has 1 aliphatic heterocycles. The lowest BCUT2D eigenvalue weighted by Crippen LogP contribution is -2.31. The minimum absolute atomic E-state index is 0.0832. The van der Waals surface area contributed by atoms with Gasteiger partial charge < -0.3 is 19.0 Å². The number of aryl methyl sites for hydroxylation is 1. The molecular weight excluding hydrogens is 402 g/mol. The zero-order chi connectivity index (χ0) is 20.9. The van der Waals surface area contributed by atoms with Crippen LogP contribution in [-0.2, 0) is 11.3 Å². The van der Waals surface area contributed by atoms with Gasteiger partial charge >= 0.3 is 0 Å². The van der Waals surface area contributed by atoms with Gasteiger partial charge in [0.15, 0.2) is 10.6 Å². The van der Waals surface area contributed by atoms with E-state index in [9.17, 15) is 9.59 Å². The molecule has 0 radical (unpaired) electrons. The van der Waals surface area contributed by atoms with Gasteiger partial charge in [-0.2, -0.15) is 4.99 Å². The summed E-state index contributed by atoms with van der Waals surface area (Å²) in [6.45, 7) is 3.55. The fraction of sp³-hybridized carbons (Fsp3) is 0.318. The number of furan rings is 1. The SMILES string of the molecule is Cc1cccc(C(=O)N=c2sccn2Cc2ccc(C(=O)NCC3CCCO3)o2)c1. The van der Waals surface area contributed by atoms with Crippen molar-refractivity contribution in [1.29, 1.82) is 0 Å². The van der Waals surface area contributed by atoms with Crippen molar-refractivity contribution in [3.8, 4) is 0 Å². The topological polar surface area (TPSA) is 85.8 Å². The summed E-state index contributed by atoms with van der Waals surface area (Å²) in [6.07, 6.45) is 3.92. The number of ether oxygens (including phenoxy) is 1. The van der Waals surface area contributed by atoms with Crippen LogP contribution < -0.4 is 10.1 Å². The van der Waals surface area contributed by atoms with Gasteiger partial charge in [0.2, 0.25) is 0 Å². The Morgan fingerprint density at radius 1 is 1.30 bits per heavy atom. The van der Waals surface area contributed by atoms with Crippen molar-refractivity contribution in [3.63, 3.8) is 0 Å². The zero-order valence-electron chi connectivity index (χ0n) is 16.7. The monoisotopic (exact) mass is 425 g/mol. The molecule has 0 aliphatic carbocycles. The highest BCUT2D eigenvalue weighted by Gasteiger charge is 2.18. The molecule has 0 bridgehead atoms. The highest BCUT2D eigenvalue weighted by atomic mass is 32.1. The van der Waals surface area contributed by atoms with Crippen LogP contribution in [0.5, 0.6) is 0 Å². The molecule has 156 valence electrons. The maximum absolute atomic E-state index is 12.5. The van der Waals surface area contributed by atoms with Crippen LogP contribution in [0.2, 0.25) is 0 Å². The molecule has 3 aromatic rings. The number of carbonyl (C=O) groups excluding carboxylic acids is 2. The van der Waals surface area contributed by atoms with E-state index in [0.717, 1.165) is 25.0 Å². The summed E-state index contributed by atoms with van der Waals surface area (Å²) >= 11 is 1.37. The first kappa shape index (κ1) is 20.3. The number of hydrogen-bond donors (Lipinski definition) is 1. The van der Waals surface area contributed by atoms with Gasteiger partial charge in [0.05, 0.1) is 12.6 Å². The quantitative estimate of drug-likeness (QED) is 0.657. The van der Waals surface area contributed by atoms with Crippen molar-refractivity contribution in [2.45, 2.75) is 32.4 Å². The van der Waals surface area contributed by atoms with Crippen molar-refractivity contribution >= 4 is 23.2 Å². The average Bonchev–Trinajstić information content (AvgIpc) is 3.49. The highest BCUT2D eigenvalue weighted by molar-refractivity contribution is 7.07. The first-order valence-electron chi connectivity index (χ1n) is 9.86. The van der Waals surface area contributed by atoms with E-state index < -0.39 is 0 Å². The number of rotatable bonds is 6. The molecule has 1 N–H and O–H groups in total. The third kappa shape index (κ3) is 4.95. The van der Waals surface area contributed by atoms with Crippen LogP contribution in [-0.4, -0.2) is 35.6 Å². The van der Waals surface area contributed by atoms with Crippen molar-refractivity contribution in [2.24, 2.45) is 4.99 Å². The molecule has 7 nitrogen and oxygen atoms in total. The van der Waals surface area contributed by atoms with Gasteiger partial charge in [-0.15, -0.1) is 11.3 Å². The molecule has 1 unspecified atom stereocenters. The summed E-state index contributed by atoms with van der Waals surface area (Å²) < 4.78 is 13.0. The summed E-state index contributed by atoms with van der Waals surface area (Å²) in [5.41, 5.74) is 1.56. The fourth-order valence-corrected chi connectivity index (χ4v) is 4.01. The molecule has 1 aromatic carbocycles. The normalized spacial score (nSPS) is 16.7. The van der Waals surface area contributed by atoms with Crippen LogP contribution in [0, 0.1) is 6.92 Å². The summed E-state index contributed by atoms with van der Waals surface area (Å²) in [5, 5.41) is 4.71. The minimum atomic E-state index is -0.288. The molecule has 1 fully saturated rings. The lowest BCUT2D eigenvalue weighted by molar-refractivity contribution is 0.0833. The fourth-order valence-electron chi connectivity index (χ4n) is 3.29. The number of nitrogens with one attached hydrogen (secondary N) is 1. The van der Waals surface area contributed by atoms with Crippen LogP contribution in [0.1, 0.15) is 45.1 Å². The minimum Gasteiger partial charge on any atom is -0.454 e. The maximum Gasteiger partial charge on any atom is 0.287 e. The Bertz CT molecular complexity index is 1110. The van der Waals surface area contributed by atoms with E-state index in [1.54, 1.807) is 18.2 Å². The van der Waals surface area contributed by atoms with Gasteiger partial charge in [0, 0.05) is 30.3 Å². The third-order valence-electron chi connectivity index (χ3n) is 4.85. The number of benzene rings is 1. The number of thiazole rings is 1. The molecule has 8 heteroatoms. The summed E-state index contributed by atoms with van der Waals surface area (Å²) in [7, 11) is 0. The smallest absolute Gasteiger partial charge is 0.287 e. The number of nitrogens with zero attached hydrogens (tertiary/aromatic N) is 2. The van der Waals surface area contributed by atoms with Crippen molar-refractivity contribution in [1.82, 2.24) is 9.88 Å². The molecule has 1 aliphatic rings. The van der Waals surface area contributed by atoms with Gasteiger partial charge in [-0.25, -0.2) is 0 Å². The van der Waals surface area contributed by atoms with Gasteiger partial charge in [0.1, 0.15) is 5.76 Å². The van der Waals surface area contributed by atoms with E-state index in [1.165, 1.54) is 11.3 Å². The summed E-state index contributed by atoms with van der Waals surface area (Å²) in [4.78, 5) is 29.6. The molecule has 1 atom stereocenters. The second-order valence-corrected chi connectivity index (χ2v) is 8.08. The van der Waals surface area contributed by atoms with Crippen LogP contribution >= 0.6 is 11.3 Å². The Balaban J connectivity index is 1.42. The molecule has 1 saturated heterocycles. The van der Waals surface area contributed by atoms with Crippen LogP contribution in [0.3, 0.4) is 0 Å². The van der Waals surface area contributed by atoms with Gasteiger partial charge in [-0.1, -0.05) is 17.7 Å². The lowest BCUT2D eigenvalue weighted by atomic mass is 10.1. The van der Waals surface area contributed by atoms with Crippen LogP contribution in [0.4, 0.5) is 0 Å². The van der Waals surface area contributed by atoms with E-state index in [2.05, 4.69) is 10.3 Å². The largest absolute Gasteiger partial charge is 0.454 e. The predicted octanol–water partition coefficient (Wildman–Crippen LogP) is 3.15. The average molecular weight is 426 g/mol. The molecule has 30 heavy (non-hydrogen) atoms. The zero-order valence-corrected chi connectivity index (χ0v) is 17.5. The van der Waals surface area contributed by atoms with E-state index in [4.69, 9.17) is 9.15 Å². The predicted molar refractivity (Wildman–Crippen MR) is 112 cm³/mol. The summed E-state index contributed by atoms with van der Waals surface area (Å²) in [6, 6.07) is 10.8. The third-order valence-corrected chi connectivity index (χ3v) is 5.64. The molecule has 4 rings (SSSR count). The Hall–Kier alpha value is -2.97. The molecule has 3 heterocycles. The van der Waals surface area contributed by atoms with Gasteiger partial charge in [-0.05, 0) is 44.0 Å². The highest BCUT2D eigenvalue weighted by Crippen LogP contribution is 2.13.